The fourth-order valence-corrected chi connectivity index (χ4v) is 2.24. The van der Waals surface area contributed by atoms with Crippen molar-refractivity contribution >= 4 is 23.5 Å². The second kappa shape index (κ2) is 5.70. The van der Waals surface area contributed by atoms with Gasteiger partial charge in [0.1, 0.15) is 0 Å². The van der Waals surface area contributed by atoms with Crippen molar-refractivity contribution in [2.24, 2.45) is 5.73 Å². The molecule has 4 N–H and O–H groups in total. The van der Waals surface area contributed by atoms with E-state index in [0.29, 0.717) is 11.3 Å². The molecule has 1 unspecified atom stereocenters. The zero-order chi connectivity index (χ0) is 14.7. The molecule has 1 saturated heterocycles. The molecule has 1 aromatic carbocycles. The van der Waals surface area contributed by atoms with Crippen molar-refractivity contribution in [1.29, 1.82) is 0 Å². The van der Waals surface area contributed by atoms with E-state index in [1.807, 2.05) is 0 Å². The Bertz CT molecular complexity index is 542. The predicted molar refractivity (Wildman–Crippen MR) is 71.2 cm³/mol. The molecule has 2 rings (SSSR count). The van der Waals surface area contributed by atoms with E-state index in [0.717, 1.165) is 0 Å². The van der Waals surface area contributed by atoms with Gasteiger partial charge in [-0.2, -0.15) is 0 Å². The number of carboxylic acids is 1. The van der Waals surface area contributed by atoms with Crippen LogP contribution < -0.4 is 16.0 Å². The molecule has 2 amide bonds. The molecular formula is C13H15N3O4. The minimum absolute atomic E-state index is 0.0136. The highest BCUT2D eigenvalue weighted by molar-refractivity contribution is 6.03. The summed E-state index contributed by atoms with van der Waals surface area (Å²) in [4.78, 5) is 35.7. The highest BCUT2D eigenvalue weighted by Gasteiger charge is 2.28. The molecule has 7 heteroatoms. The van der Waals surface area contributed by atoms with Gasteiger partial charge in [0.25, 0.3) is 0 Å². The average Bonchev–Trinajstić information content (AvgIpc) is 2.38. The Labute approximate surface area is 115 Å². The summed E-state index contributed by atoms with van der Waals surface area (Å²) in [5.41, 5.74) is 6.57. The maximum atomic E-state index is 11.4. The van der Waals surface area contributed by atoms with Crippen LogP contribution in [-0.2, 0) is 14.4 Å². The van der Waals surface area contributed by atoms with Crippen molar-refractivity contribution in [2.75, 3.05) is 24.5 Å². The minimum Gasteiger partial charge on any atom is -0.481 e. The molecule has 1 heterocycles. The summed E-state index contributed by atoms with van der Waals surface area (Å²) in [6.45, 7) is -0.0281. The van der Waals surface area contributed by atoms with Crippen LogP contribution >= 0.6 is 0 Å². The number of hydrogen-bond donors (Lipinski definition) is 3. The third-order valence-corrected chi connectivity index (χ3v) is 3.13. The van der Waals surface area contributed by atoms with Gasteiger partial charge in [0.15, 0.2) is 0 Å². The number of nitrogens with one attached hydrogen (secondary N) is 1. The second-order valence-electron chi connectivity index (χ2n) is 4.51. The quantitative estimate of drug-likeness (QED) is 0.626. The molecule has 1 atom stereocenters. The molecule has 1 aromatic rings. The van der Waals surface area contributed by atoms with E-state index < -0.39 is 23.7 Å². The summed E-state index contributed by atoms with van der Waals surface area (Å²) in [6.07, 6.45) is 0. The number of amides is 2. The Balaban J connectivity index is 2.39. The number of anilines is 1. The predicted octanol–water partition coefficient (Wildman–Crippen LogP) is -0.724. The first-order valence-corrected chi connectivity index (χ1v) is 6.12. The van der Waals surface area contributed by atoms with E-state index in [9.17, 15) is 19.5 Å². The molecule has 0 saturated carbocycles. The van der Waals surface area contributed by atoms with E-state index in [2.05, 4.69) is 5.32 Å². The van der Waals surface area contributed by atoms with Gasteiger partial charge in [-0.15, -0.1) is 0 Å². The molecule has 20 heavy (non-hydrogen) atoms. The van der Waals surface area contributed by atoms with Crippen LogP contribution in [0.5, 0.6) is 0 Å². The number of para-hydroxylation sites is 1. The molecule has 0 aliphatic carbocycles. The number of aliphatic carboxylic acids is 1. The molecule has 1 fully saturated rings. The highest BCUT2D eigenvalue weighted by Crippen LogP contribution is 2.28. The van der Waals surface area contributed by atoms with Gasteiger partial charge in [-0.05, 0) is 11.6 Å². The molecular weight excluding hydrogens is 262 g/mol. The maximum absolute atomic E-state index is 11.4. The van der Waals surface area contributed by atoms with Crippen molar-refractivity contribution in [1.82, 2.24) is 5.32 Å². The lowest BCUT2D eigenvalue weighted by molar-refractivity contribution is -0.138. The van der Waals surface area contributed by atoms with Gasteiger partial charge in [-0.3, -0.25) is 19.7 Å². The van der Waals surface area contributed by atoms with Crippen molar-refractivity contribution in [2.45, 2.75) is 5.92 Å². The third-order valence-electron chi connectivity index (χ3n) is 3.13. The monoisotopic (exact) mass is 277 g/mol. The smallest absolute Gasteiger partial charge is 0.312 e. The first kappa shape index (κ1) is 14.0. The average molecular weight is 277 g/mol. The van der Waals surface area contributed by atoms with Crippen molar-refractivity contribution in [3.63, 3.8) is 0 Å². The fraction of sp³-hybridized carbons (Fsp3) is 0.308. The standard InChI is InChI=1S/C13H15N3O4/c14-5-9(13(19)20)8-3-1-2-4-10(8)16-6-11(17)15-12(18)7-16/h1-4,9H,5-7,14H2,(H,19,20)(H,15,17,18). The van der Waals surface area contributed by atoms with Crippen LogP contribution in [0.1, 0.15) is 11.5 Å². The summed E-state index contributed by atoms with van der Waals surface area (Å²) >= 11 is 0. The molecule has 0 bridgehead atoms. The third kappa shape index (κ3) is 2.77. The summed E-state index contributed by atoms with van der Waals surface area (Å²) in [6, 6.07) is 6.77. The molecule has 1 aliphatic rings. The van der Waals surface area contributed by atoms with Gasteiger partial charge < -0.3 is 15.7 Å². The van der Waals surface area contributed by atoms with Crippen LogP contribution in [0.25, 0.3) is 0 Å². The number of benzene rings is 1. The van der Waals surface area contributed by atoms with E-state index in [4.69, 9.17) is 5.73 Å². The van der Waals surface area contributed by atoms with Crippen molar-refractivity contribution in [3.05, 3.63) is 29.8 Å². The number of carbonyl (C=O) groups is 3. The van der Waals surface area contributed by atoms with Gasteiger partial charge in [0.2, 0.25) is 11.8 Å². The second-order valence-corrected chi connectivity index (χ2v) is 4.51. The zero-order valence-electron chi connectivity index (χ0n) is 10.7. The van der Waals surface area contributed by atoms with Gasteiger partial charge >= 0.3 is 5.97 Å². The number of imide groups is 1. The van der Waals surface area contributed by atoms with E-state index in [1.165, 1.54) is 0 Å². The Morgan fingerprint density at radius 3 is 2.45 bits per heavy atom. The first-order chi connectivity index (χ1) is 9.52. The normalized spacial score (nSPS) is 16.8. The number of piperazine rings is 1. The maximum Gasteiger partial charge on any atom is 0.312 e. The van der Waals surface area contributed by atoms with Crippen LogP contribution in [0.15, 0.2) is 24.3 Å². The van der Waals surface area contributed by atoms with Crippen LogP contribution in [0.3, 0.4) is 0 Å². The van der Waals surface area contributed by atoms with E-state index in [1.54, 1.807) is 29.2 Å². The number of nitrogens with zero attached hydrogens (tertiary/aromatic N) is 1. The fourth-order valence-electron chi connectivity index (χ4n) is 2.24. The largest absolute Gasteiger partial charge is 0.481 e. The van der Waals surface area contributed by atoms with Gasteiger partial charge in [-0.1, -0.05) is 18.2 Å². The Morgan fingerprint density at radius 1 is 1.30 bits per heavy atom. The SMILES string of the molecule is NCC(C(=O)O)c1ccccc1N1CC(=O)NC(=O)C1. The lowest BCUT2D eigenvalue weighted by Gasteiger charge is -2.30. The van der Waals surface area contributed by atoms with Crippen molar-refractivity contribution < 1.29 is 19.5 Å². The van der Waals surface area contributed by atoms with E-state index >= 15 is 0 Å². The number of nitrogens with two attached hydrogens (primary N) is 1. The molecule has 7 nitrogen and oxygen atoms in total. The number of carboxylic acid groups (broad SMARTS) is 1. The molecule has 106 valence electrons. The van der Waals surface area contributed by atoms with Crippen molar-refractivity contribution in [3.8, 4) is 0 Å². The van der Waals surface area contributed by atoms with E-state index in [-0.39, 0.29) is 19.6 Å². The summed E-state index contributed by atoms with van der Waals surface area (Å²) in [7, 11) is 0. The Kier molecular flexibility index (Phi) is 3.99. The molecule has 0 radical (unpaired) electrons. The van der Waals surface area contributed by atoms with Crippen LogP contribution in [0, 0.1) is 0 Å². The topological polar surface area (TPSA) is 113 Å². The van der Waals surface area contributed by atoms with Gasteiger partial charge in [0.05, 0.1) is 19.0 Å². The Morgan fingerprint density at radius 2 is 1.90 bits per heavy atom. The number of rotatable bonds is 4. The Hall–Kier alpha value is -2.41. The minimum atomic E-state index is -1.03. The molecule has 0 spiro atoms. The zero-order valence-corrected chi connectivity index (χ0v) is 10.7. The lowest BCUT2D eigenvalue weighted by atomic mass is 9.96. The van der Waals surface area contributed by atoms with Crippen LogP contribution in [-0.4, -0.2) is 42.5 Å². The highest BCUT2D eigenvalue weighted by atomic mass is 16.4. The summed E-state index contributed by atoms with van der Waals surface area (Å²) in [5.74, 6) is -2.72. The lowest BCUT2D eigenvalue weighted by Crippen LogP contribution is -2.51. The number of hydrogen-bond acceptors (Lipinski definition) is 5. The first-order valence-electron chi connectivity index (χ1n) is 6.12. The molecule has 1 aliphatic heterocycles. The van der Waals surface area contributed by atoms with Gasteiger partial charge in [0, 0.05) is 12.2 Å². The van der Waals surface area contributed by atoms with Gasteiger partial charge in [-0.25, -0.2) is 0 Å². The van der Waals surface area contributed by atoms with Crippen LogP contribution in [0.4, 0.5) is 5.69 Å². The molecule has 0 aromatic heterocycles. The summed E-state index contributed by atoms with van der Waals surface area (Å²) < 4.78 is 0. The number of carbonyl (C=O) groups excluding carboxylic acids is 2. The van der Waals surface area contributed by atoms with Crippen LogP contribution in [0.2, 0.25) is 0 Å². The summed E-state index contributed by atoms with van der Waals surface area (Å²) in [5, 5.41) is 11.4.